The van der Waals surface area contributed by atoms with Crippen LogP contribution in [0.5, 0.6) is 0 Å². The summed E-state index contributed by atoms with van der Waals surface area (Å²) in [6.45, 7) is 13.8. The topological polar surface area (TPSA) is 37.4 Å². The van der Waals surface area contributed by atoms with E-state index in [2.05, 4.69) is 46.4 Å². The highest BCUT2D eigenvalue weighted by molar-refractivity contribution is 7.91. The lowest BCUT2D eigenvalue weighted by molar-refractivity contribution is 0.0371. The Labute approximate surface area is 106 Å². The first-order valence-corrected chi connectivity index (χ1v) is 8.23. The molecule has 0 amide bonds. The zero-order valence-corrected chi connectivity index (χ0v) is 12.9. The van der Waals surface area contributed by atoms with Crippen molar-refractivity contribution in [1.29, 1.82) is 0 Å². The second-order valence-electron chi connectivity index (χ2n) is 7.21. The minimum atomic E-state index is -2.89. The molecule has 3 nitrogen and oxygen atoms in total. The van der Waals surface area contributed by atoms with Crippen LogP contribution < -0.4 is 0 Å². The molecule has 0 aliphatic carbocycles. The van der Waals surface area contributed by atoms with Gasteiger partial charge in [0.1, 0.15) is 0 Å². The van der Waals surface area contributed by atoms with Crippen molar-refractivity contribution in [2.45, 2.75) is 59.5 Å². The Morgan fingerprint density at radius 3 is 2.00 bits per heavy atom. The Morgan fingerprint density at radius 2 is 1.59 bits per heavy atom. The largest absolute Gasteiger partial charge is 0.294 e. The Balaban J connectivity index is 3.11. The van der Waals surface area contributed by atoms with E-state index in [1.165, 1.54) is 0 Å². The Morgan fingerprint density at radius 1 is 1.06 bits per heavy atom. The van der Waals surface area contributed by atoms with Crippen molar-refractivity contribution in [2.75, 3.05) is 18.1 Å². The minimum Gasteiger partial charge on any atom is -0.294 e. The average Bonchev–Trinajstić information content (AvgIpc) is 2.20. The van der Waals surface area contributed by atoms with Gasteiger partial charge in [-0.15, -0.1) is 0 Å². The first kappa shape index (κ1) is 15.0. The van der Waals surface area contributed by atoms with Gasteiger partial charge in [-0.3, -0.25) is 4.90 Å². The van der Waals surface area contributed by atoms with Gasteiger partial charge in [-0.25, -0.2) is 8.42 Å². The molecule has 102 valence electrons. The second-order valence-corrected chi connectivity index (χ2v) is 9.44. The van der Waals surface area contributed by atoms with Crippen molar-refractivity contribution in [1.82, 2.24) is 4.90 Å². The fraction of sp³-hybridized carbons (Fsp3) is 1.00. The monoisotopic (exact) mass is 261 g/mol. The molecule has 1 rings (SSSR count). The molecular formula is C13H27NO2S. The normalized spacial score (nSPS) is 27.8. The van der Waals surface area contributed by atoms with E-state index in [4.69, 9.17) is 0 Å². The third kappa shape index (κ3) is 3.95. The van der Waals surface area contributed by atoms with Crippen molar-refractivity contribution in [2.24, 2.45) is 5.41 Å². The smallest absolute Gasteiger partial charge is 0.151 e. The molecule has 0 unspecified atom stereocenters. The SMILES string of the molecule is CC(C)(C)[C@@H]1CS(=O)(=O)CCCN1C(C)(C)C. The van der Waals surface area contributed by atoms with E-state index in [0.29, 0.717) is 11.5 Å². The highest BCUT2D eigenvalue weighted by Gasteiger charge is 2.40. The Kier molecular flexibility index (Phi) is 4.00. The van der Waals surface area contributed by atoms with E-state index in [1.807, 2.05) is 0 Å². The van der Waals surface area contributed by atoms with Crippen LogP contribution in [0.25, 0.3) is 0 Å². The third-order valence-corrected chi connectivity index (χ3v) is 5.24. The number of hydrogen-bond acceptors (Lipinski definition) is 3. The maximum absolute atomic E-state index is 12.0. The van der Waals surface area contributed by atoms with Crippen LogP contribution in [0.4, 0.5) is 0 Å². The summed E-state index contributed by atoms with van der Waals surface area (Å²) in [7, 11) is -2.89. The molecule has 0 aromatic rings. The van der Waals surface area contributed by atoms with Crippen LogP contribution in [0, 0.1) is 5.41 Å². The van der Waals surface area contributed by atoms with Crippen molar-refractivity contribution in [3.63, 3.8) is 0 Å². The minimum absolute atomic E-state index is 0.00924. The van der Waals surface area contributed by atoms with Gasteiger partial charge >= 0.3 is 0 Å². The molecule has 0 aromatic carbocycles. The Bertz CT molecular complexity index is 360. The summed E-state index contributed by atoms with van der Waals surface area (Å²) in [6.07, 6.45) is 0.756. The molecule has 1 fully saturated rings. The molecular weight excluding hydrogens is 234 g/mol. The molecule has 0 bridgehead atoms. The molecule has 17 heavy (non-hydrogen) atoms. The molecule has 1 aliphatic rings. The first-order valence-electron chi connectivity index (χ1n) is 6.41. The lowest BCUT2D eigenvalue weighted by atomic mass is 9.84. The third-order valence-electron chi connectivity index (χ3n) is 3.50. The maximum atomic E-state index is 12.0. The summed E-state index contributed by atoms with van der Waals surface area (Å²) < 4.78 is 23.9. The van der Waals surface area contributed by atoms with Gasteiger partial charge in [-0.2, -0.15) is 0 Å². The fourth-order valence-electron chi connectivity index (χ4n) is 2.54. The van der Waals surface area contributed by atoms with Crippen molar-refractivity contribution in [3.8, 4) is 0 Å². The summed E-state index contributed by atoms with van der Waals surface area (Å²) >= 11 is 0. The molecule has 1 saturated heterocycles. The summed E-state index contributed by atoms with van der Waals surface area (Å²) in [6, 6.07) is 0.106. The van der Waals surface area contributed by atoms with Crippen LogP contribution in [0.2, 0.25) is 0 Å². The fourth-order valence-corrected chi connectivity index (χ4v) is 4.44. The highest BCUT2D eigenvalue weighted by atomic mass is 32.2. The van der Waals surface area contributed by atoms with E-state index in [9.17, 15) is 8.42 Å². The van der Waals surface area contributed by atoms with Crippen LogP contribution in [-0.4, -0.2) is 42.9 Å². The van der Waals surface area contributed by atoms with Gasteiger partial charge in [0.15, 0.2) is 9.84 Å². The van der Waals surface area contributed by atoms with Gasteiger partial charge < -0.3 is 0 Å². The van der Waals surface area contributed by atoms with E-state index < -0.39 is 9.84 Å². The number of nitrogens with zero attached hydrogens (tertiary/aromatic N) is 1. The van der Waals surface area contributed by atoms with Gasteiger partial charge in [0.2, 0.25) is 0 Å². The molecule has 1 aliphatic heterocycles. The first-order chi connectivity index (χ1) is 7.43. The van der Waals surface area contributed by atoms with Crippen LogP contribution in [0.1, 0.15) is 48.0 Å². The van der Waals surface area contributed by atoms with Gasteiger partial charge in [-0.1, -0.05) is 20.8 Å². The van der Waals surface area contributed by atoms with Gasteiger partial charge in [0.25, 0.3) is 0 Å². The summed E-state index contributed by atoms with van der Waals surface area (Å²) in [4.78, 5) is 2.37. The molecule has 0 radical (unpaired) electrons. The highest BCUT2D eigenvalue weighted by Crippen LogP contribution is 2.32. The van der Waals surface area contributed by atoms with Gasteiger partial charge in [0, 0.05) is 11.6 Å². The number of sulfone groups is 1. The molecule has 0 N–H and O–H groups in total. The second kappa shape index (κ2) is 4.54. The van der Waals surface area contributed by atoms with Gasteiger partial charge in [0.05, 0.1) is 11.5 Å². The van der Waals surface area contributed by atoms with Gasteiger partial charge in [-0.05, 0) is 39.2 Å². The summed E-state index contributed by atoms with van der Waals surface area (Å²) in [5.74, 6) is 0.639. The lowest BCUT2D eigenvalue weighted by Gasteiger charge is -2.46. The van der Waals surface area contributed by atoms with Crippen LogP contribution in [0.3, 0.4) is 0 Å². The van der Waals surface area contributed by atoms with E-state index in [1.54, 1.807) is 0 Å². The maximum Gasteiger partial charge on any atom is 0.151 e. The molecule has 0 aromatic heterocycles. The van der Waals surface area contributed by atoms with Crippen LogP contribution in [-0.2, 0) is 9.84 Å². The summed E-state index contributed by atoms with van der Waals surface area (Å²) in [5, 5.41) is 0. The predicted molar refractivity (Wildman–Crippen MR) is 73.0 cm³/mol. The van der Waals surface area contributed by atoms with Crippen molar-refractivity contribution in [3.05, 3.63) is 0 Å². The molecule has 4 heteroatoms. The van der Waals surface area contributed by atoms with Crippen molar-refractivity contribution >= 4 is 9.84 Å². The van der Waals surface area contributed by atoms with Crippen LogP contribution >= 0.6 is 0 Å². The zero-order chi connectivity index (χ0) is 13.5. The van der Waals surface area contributed by atoms with E-state index >= 15 is 0 Å². The van der Waals surface area contributed by atoms with Crippen molar-refractivity contribution < 1.29 is 8.42 Å². The van der Waals surface area contributed by atoms with E-state index in [-0.39, 0.29) is 17.0 Å². The predicted octanol–water partition coefficient (Wildman–Crippen LogP) is 2.32. The standard InChI is InChI=1S/C13H27NO2S/c1-12(2,3)11-10-17(15,16)9-7-8-14(11)13(4,5)6/h11H,7-10H2,1-6H3/t11-/m0/s1. The lowest BCUT2D eigenvalue weighted by Crippen LogP contribution is -2.55. The quantitative estimate of drug-likeness (QED) is 0.671. The molecule has 0 saturated carbocycles. The Hall–Kier alpha value is -0.0900. The number of rotatable bonds is 0. The molecule has 0 spiro atoms. The van der Waals surface area contributed by atoms with Crippen LogP contribution in [0.15, 0.2) is 0 Å². The zero-order valence-electron chi connectivity index (χ0n) is 12.1. The number of hydrogen-bond donors (Lipinski definition) is 0. The van der Waals surface area contributed by atoms with E-state index in [0.717, 1.165) is 13.0 Å². The molecule has 1 atom stereocenters. The molecule has 1 heterocycles. The average molecular weight is 261 g/mol. The summed E-state index contributed by atoms with van der Waals surface area (Å²) in [5.41, 5.74) is 0.0164.